The number of ether oxygens (including phenoxy) is 3. The first kappa shape index (κ1) is 15.6. The summed E-state index contributed by atoms with van der Waals surface area (Å²) in [4.78, 5) is 0. The SMILES string of the molecule is C=C[C@@H](N)c1c(OC)cc(OC)cc1OC.Cl. The highest BCUT2D eigenvalue weighted by atomic mass is 35.5. The van der Waals surface area contributed by atoms with Gasteiger partial charge in [-0.05, 0) is 0 Å². The molecule has 17 heavy (non-hydrogen) atoms. The van der Waals surface area contributed by atoms with Gasteiger partial charge >= 0.3 is 0 Å². The van der Waals surface area contributed by atoms with E-state index in [2.05, 4.69) is 6.58 Å². The molecule has 0 aliphatic rings. The van der Waals surface area contributed by atoms with E-state index in [1.54, 1.807) is 39.5 Å². The lowest BCUT2D eigenvalue weighted by Gasteiger charge is -2.17. The second kappa shape index (κ2) is 7.04. The molecule has 0 saturated carbocycles. The molecule has 0 aliphatic carbocycles. The molecule has 96 valence electrons. The molecular formula is C12H18ClNO3. The molecule has 1 atom stereocenters. The number of methoxy groups -OCH3 is 3. The highest BCUT2D eigenvalue weighted by Gasteiger charge is 2.17. The van der Waals surface area contributed by atoms with Gasteiger partial charge < -0.3 is 19.9 Å². The minimum atomic E-state index is -0.337. The second-order valence-electron chi connectivity index (χ2n) is 3.21. The van der Waals surface area contributed by atoms with E-state index < -0.39 is 0 Å². The van der Waals surface area contributed by atoms with Crippen molar-refractivity contribution in [2.24, 2.45) is 5.73 Å². The molecule has 0 amide bonds. The van der Waals surface area contributed by atoms with Crippen LogP contribution in [0.15, 0.2) is 24.8 Å². The summed E-state index contributed by atoms with van der Waals surface area (Å²) in [5.41, 5.74) is 6.68. The number of nitrogens with two attached hydrogens (primary N) is 1. The van der Waals surface area contributed by atoms with Gasteiger partial charge in [0.1, 0.15) is 17.2 Å². The molecule has 2 N–H and O–H groups in total. The minimum Gasteiger partial charge on any atom is -0.496 e. The van der Waals surface area contributed by atoms with Gasteiger partial charge in [0.25, 0.3) is 0 Å². The second-order valence-corrected chi connectivity index (χ2v) is 3.21. The summed E-state index contributed by atoms with van der Waals surface area (Å²) in [7, 11) is 4.74. The molecule has 0 aliphatic heterocycles. The summed E-state index contributed by atoms with van der Waals surface area (Å²) in [5.74, 6) is 1.92. The Bertz CT molecular complexity index is 357. The normalized spacial score (nSPS) is 11.1. The summed E-state index contributed by atoms with van der Waals surface area (Å²) in [6.07, 6.45) is 1.63. The zero-order valence-electron chi connectivity index (χ0n) is 10.2. The van der Waals surface area contributed by atoms with E-state index in [1.807, 2.05) is 0 Å². The Kier molecular flexibility index (Phi) is 6.46. The molecule has 1 aromatic rings. The van der Waals surface area contributed by atoms with Crippen LogP contribution in [0.4, 0.5) is 0 Å². The van der Waals surface area contributed by atoms with E-state index >= 15 is 0 Å². The van der Waals surface area contributed by atoms with Crippen LogP contribution in [0.3, 0.4) is 0 Å². The van der Waals surface area contributed by atoms with E-state index in [4.69, 9.17) is 19.9 Å². The molecule has 0 radical (unpaired) electrons. The molecule has 0 unspecified atom stereocenters. The first-order valence-electron chi connectivity index (χ1n) is 4.86. The first-order valence-corrected chi connectivity index (χ1v) is 4.86. The number of hydrogen-bond acceptors (Lipinski definition) is 4. The van der Waals surface area contributed by atoms with E-state index in [-0.39, 0.29) is 18.4 Å². The van der Waals surface area contributed by atoms with Crippen LogP contribution in [0.5, 0.6) is 17.2 Å². The molecule has 0 spiro atoms. The summed E-state index contributed by atoms with van der Waals surface area (Å²) >= 11 is 0. The fourth-order valence-electron chi connectivity index (χ4n) is 1.48. The van der Waals surface area contributed by atoms with Gasteiger partial charge in [-0.25, -0.2) is 0 Å². The zero-order chi connectivity index (χ0) is 12.1. The predicted octanol–water partition coefficient (Wildman–Crippen LogP) is 2.32. The van der Waals surface area contributed by atoms with Crippen LogP contribution in [0.1, 0.15) is 11.6 Å². The van der Waals surface area contributed by atoms with Crippen LogP contribution in [0.25, 0.3) is 0 Å². The highest BCUT2D eigenvalue weighted by molar-refractivity contribution is 5.85. The van der Waals surface area contributed by atoms with Gasteiger partial charge in [0, 0.05) is 12.1 Å². The molecule has 0 heterocycles. The van der Waals surface area contributed by atoms with Crippen molar-refractivity contribution in [2.45, 2.75) is 6.04 Å². The third-order valence-electron chi connectivity index (χ3n) is 2.34. The average molecular weight is 260 g/mol. The van der Waals surface area contributed by atoms with Crippen molar-refractivity contribution in [2.75, 3.05) is 21.3 Å². The Morgan fingerprint density at radius 1 is 1.12 bits per heavy atom. The fourth-order valence-corrected chi connectivity index (χ4v) is 1.48. The topological polar surface area (TPSA) is 53.7 Å². The van der Waals surface area contributed by atoms with Crippen LogP contribution in [-0.4, -0.2) is 21.3 Å². The summed E-state index contributed by atoms with van der Waals surface area (Å²) in [6.45, 7) is 3.66. The van der Waals surface area contributed by atoms with Crippen molar-refractivity contribution in [1.29, 1.82) is 0 Å². The Morgan fingerprint density at radius 2 is 1.59 bits per heavy atom. The molecule has 0 aromatic heterocycles. The Balaban J connectivity index is 0.00000256. The van der Waals surface area contributed by atoms with Crippen LogP contribution >= 0.6 is 12.4 Å². The Labute approximate surface area is 108 Å². The summed E-state index contributed by atoms with van der Waals surface area (Å²) in [5, 5.41) is 0. The zero-order valence-corrected chi connectivity index (χ0v) is 11.0. The van der Waals surface area contributed by atoms with Crippen molar-refractivity contribution in [3.05, 3.63) is 30.4 Å². The van der Waals surface area contributed by atoms with Crippen molar-refractivity contribution in [3.63, 3.8) is 0 Å². The van der Waals surface area contributed by atoms with Crippen LogP contribution in [0, 0.1) is 0 Å². The molecule has 1 aromatic carbocycles. The number of benzene rings is 1. The predicted molar refractivity (Wildman–Crippen MR) is 70.5 cm³/mol. The Hall–Kier alpha value is -1.39. The molecule has 1 rings (SSSR count). The summed E-state index contributed by atoms with van der Waals surface area (Å²) < 4.78 is 15.7. The van der Waals surface area contributed by atoms with Gasteiger partial charge in [0.15, 0.2) is 0 Å². The minimum absolute atomic E-state index is 0. The molecule has 5 heteroatoms. The standard InChI is InChI=1S/C12H17NO3.ClH/c1-5-9(13)12-10(15-3)6-8(14-2)7-11(12)16-4;/h5-7,9H,1,13H2,2-4H3;1H/t9-;/m1./s1. The molecule has 0 fully saturated rings. The maximum Gasteiger partial charge on any atom is 0.131 e. The van der Waals surface area contributed by atoms with Crippen LogP contribution < -0.4 is 19.9 Å². The monoisotopic (exact) mass is 259 g/mol. The highest BCUT2D eigenvalue weighted by Crippen LogP contribution is 2.37. The molecule has 0 bridgehead atoms. The van der Waals surface area contributed by atoms with Crippen LogP contribution in [-0.2, 0) is 0 Å². The van der Waals surface area contributed by atoms with Crippen molar-refractivity contribution in [3.8, 4) is 17.2 Å². The van der Waals surface area contributed by atoms with Crippen molar-refractivity contribution < 1.29 is 14.2 Å². The van der Waals surface area contributed by atoms with Crippen molar-refractivity contribution >= 4 is 12.4 Å². The lowest BCUT2D eigenvalue weighted by molar-refractivity contribution is 0.367. The first-order chi connectivity index (χ1) is 7.67. The largest absolute Gasteiger partial charge is 0.496 e. The molecule has 4 nitrogen and oxygen atoms in total. The van der Waals surface area contributed by atoms with Gasteiger partial charge in [-0.2, -0.15) is 0 Å². The van der Waals surface area contributed by atoms with E-state index in [9.17, 15) is 0 Å². The third kappa shape index (κ3) is 3.28. The molecular weight excluding hydrogens is 242 g/mol. The quantitative estimate of drug-likeness (QED) is 0.825. The Morgan fingerprint density at radius 3 is 1.88 bits per heavy atom. The smallest absolute Gasteiger partial charge is 0.131 e. The lowest BCUT2D eigenvalue weighted by Crippen LogP contribution is -2.10. The van der Waals surface area contributed by atoms with Gasteiger partial charge in [0.05, 0.1) is 32.9 Å². The van der Waals surface area contributed by atoms with Gasteiger partial charge in [0.2, 0.25) is 0 Å². The lowest BCUT2D eigenvalue weighted by atomic mass is 10.0. The van der Waals surface area contributed by atoms with Gasteiger partial charge in [-0.1, -0.05) is 6.08 Å². The van der Waals surface area contributed by atoms with E-state index in [1.165, 1.54) is 0 Å². The van der Waals surface area contributed by atoms with E-state index in [0.717, 1.165) is 5.56 Å². The molecule has 0 saturated heterocycles. The maximum atomic E-state index is 5.92. The number of hydrogen-bond donors (Lipinski definition) is 1. The maximum absolute atomic E-state index is 5.92. The van der Waals surface area contributed by atoms with Crippen molar-refractivity contribution in [1.82, 2.24) is 0 Å². The number of halogens is 1. The van der Waals surface area contributed by atoms with E-state index in [0.29, 0.717) is 17.2 Å². The number of rotatable bonds is 5. The third-order valence-corrected chi connectivity index (χ3v) is 2.34. The average Bonchev–Trinajstić information content (AvgIpc) is 2.35. The summed E-state index contributed by atoms with van der Waals surface area (Å²) in [6, 6.07) is 3.19. The van der Waals surface area contributed by atoms with Crippen LogP contribution in [0.2, 0.25) is 0 Å². The van der Waals surface area contributed by atoms with Gasteiger partial charge in [-0.15, -0.1) is 19.0 Å². The van der Waals surface area contributed by atoms with Gasteiger partial charge in [-0.3, -0.25) is 0 Å². The fraction of sp³-hybridized carbons (Fsp3) is 0.333.